The Morgan fingerprint density at radius 2 is 1.47 bits per heavy atom. The largest absolute Gasteiger partial charge is 0.467 e. The van der Waals surface area contributed by atoms with E-state index < -0.39 is 12.0 Å². The molecule has 0 spiro atoms. The van der Waals surface area contributed by atoms with Crippen molar-refractivity contribution in [2.75, 3.05) is 12.9 Å². The number of nitrogens with one attached hydrogen (secondary N) is 1. The van der Waals surface area contributed by atoms with E-state index in [-0.39, 0.29) is 17.6 Å². The van der Waals surface area contributed by atoms with Crippen molar-refractivity contribution in [3.8, 4) is 22.5 Å². The molecule has 0 radical (unpaired) electrons. The number of aromatic nitrogens is 2. The van der Waals surface area contributed by atoms with Crippen molar-refractivity contribution in [2.24, 2.45) is 5.92 Å². The Hall–Kier alpha value is -3.19. The van der Waals surface area contributed by atoms with E-state index in [1.54, 1.807) is 0 Å². The highest BCUT2D eigenvalue weighted by molar-refractivity contribution is 7.99. The molecular formula is C25H27N3O3S. The van der Waals surface area contributed by atoms with Gasteiger partial charge in [-0.05, 0) is 18.4 Å². The second-order valence-corrected chi connectivity index (χ2v) is 8.66. The van der Waals surface area contributed by atoms with E-state index in [2.05, 4.69) is 15.3 Å². The summed E-state index contributed by atoms with van der Waals surface area (Å²) in [5, 5.41) is 3.27. The summed E-state index contributed by atoms with van der Waals surface area (Å²) in [6.07, 6.45) is 0.515. The number of nitrogens with zero attached hydrogens (tertiary/aromatic N) is 2. The third-order valence-corrected chi connectivity index (χ3v) is 5.55. The molecule has 2 aromatic carbocycles. The fraction of sp³-hybridized carbons (Fsp3) is 0.280. The molecule has 1 amide bonds. The molecule has 0 saturated heterocycles. The summed E-state index contributed by atoms with van der Waals surface area (Å²) in [6, 6.07) is 21.0. The number of amides is 1. The zero-order chi connectivity index (χ0) is 22.9. The third kappa shape index (κ3) is 6.65. The van der Waals surface area contributed by atoms with Crippen LogP contribution < -0.4 is 5.32 Å². The first-order chi connectivity index (χ1) is 15.5. The van der Waals surface area contributed by atoms with Crippen LogP contribution in [0.3, 0.4) is 0 Å². The van der Waals surface area contributed by atoms with Crippen molar-refractivity contribution in [3.05, 3.63) is 66.7 Å². The maximum atomic E-state index is 12.5. The molecule has 1 N–H and O–H groups in total. The highest BCUT2D eigenvalue weighted by atomic mass is 32.2. The highest BCUT2D eigenvalue weighted by Crippen LogP contribution is 2.26. The number of benzene rings is 2. The number of ether oxygens (including phenoxy) is 1. The molecule has 0 aliphatic rings. The van der Waals surface area contributed by atoms with Crippen molar-refractivity contribution in [1.82, 2.24) is 15.3 Å². The summed E-state index contributed by atoms with van der Waals surface area (Å²) in [5.41, 5.74) is 3.52. The molecule has 32 heavy (non-hydrogen) atoms. The second kappa shape index (κ2) is 11.4. The minimum absolute atomic E-state index is 0.0953. The zero-order valence-corrected chi connectivity index (χ0v) is 19.3. The molecule has 3 rings (SSSR count). The number of rotatable bonds is 9. The number of carbonyl (C=O) groups excluding carboxylic acids is 2. The van der Waals surface area contributed by atoms with E-state index in [1.807, 2.05) is 80.6 Å². The van der Waals surface area contributed by atoms with E-state index in [0.717, 1.165) is 22.5 Å². The predicted molar refractivity (Wildman–Crippen MR) is 127 cm³/mol. The van der Waals surface area contributed by atoms with E-state index in [1.165, 1.54) is 18.9 Å². The third-order valence-electron chi connectivity index (χ3n) is 4.71. The van der Waals surface area contributed by atoms with Gasteiger partial charge in [0.2, 0.25) is 5.91 Å². The van der Waals surface area contributed by atoms with E-state index in [4.69, 9.17) is 4.74 Å². The fourth-order valence-corrected chi connectivity index (χ4v) is 3.87. The Labute approximate surface area is 192 Å². The maximum absolute atomic E-state index is 12.5. The normalized spacial score (nSPS) is 11.8. The van der Waals surface area contributed by atoms with Gasteiger partial charge in [-0.3, -0.25) is 4.79 Å². The smallest absolute Gasteiger partial charge is 0.328 e. The highest BCUT2D eigenvalue weighted by Gasteiger charge is 2.22. The molecule has 0 saturated carbocycles. The van der Waals surface area contributed by atoms with Crippen molar-refractivity contribution in [2.45, 2.75) is 31.5 Å². The molecule has 1 aromatic heterocycles. The van der Waals surface area contributed by atoms with Crippen LogP contribution in [0.25, 0.3) is 22.5 Å². The molecule has 0 aliphatic heterocycles. The van der Waals surface area contributed by atoms with Crippen LogP contribution in [0, 0.1) is 5.92 Å². The van der Waals surface area contributed by atoms with Crippen LogP contribution >= 0.6 is 11.8 Å². The van der Waals surface area contributed by atoms with Gasteiger partial charge in [-0.1, -0.05) is 86.3 Å². The summed E-state index contributed by atoms with van der Waals surface area (Å²) in [4.78, 5) is 33.9. The second-order valence-electron chi connectivity index (χ2n) is 7.71. The number of thioether (sulfide) groups is 1. The van der Waals surface area contributed by atoms with Gasteiger partial charge in [0.05, 0.1) is 24.3 Å². The van der Waals surface area contributed by atoms with Crippen molar-refractivity contribution >= 4 is 23.6 Å². The fourth-order valence-electron chi connectivity index (χ4n) is 3.20. The number of carbonyl (C=O) groups is 2. The minimum Gasteiger partial charge on any atom is -0.467 e. The molecule has 0 bridgehead atoms. The molecule has 0 aliphatic carbocycles. The lowest BCUT2D eigenvalue weighted by Crippen LogP contribution is -2.43. The van der Waals surface area contributed by atoms with Gasteiger partial charge >= 0.3 is 5.97 Å². The van der Waals surface area contributed by atoms with Crippen LogP contribution in [0.15, 0.2) is 71.9 Å². The molecule has 3 aromatic rings. The first-order valence-corrected chi connectivity index (χ1v) is 11.4. The standard InChI is InChI=1S/C25H27N3O3S/c1-17(2)14-22(24(30)31-3)26-23(29)16-32-25-27-20(18-10-6-4-7-11-18)15-21(28-25)19-12-8-5-9-13-19/h4-13,15,17,22H,14,16H2,1-3H3,(H,26,29)/t22-/m0/s1. The summed E-state index contributed by atoms with van der Waals surface area (Å²) in [5.74, 6) is -0.365. The monoisotopic (exact) mass is 449 g/mol. The molecule has 6 nitrogen and oxygen atoms in total. The van der Waals surface area contributed by atoms with Gasteiger partial charge in [0.25, 0.3) is 0 Å². The lowest BCUT2D eigenvalue weighted by Gasteiger charge is -2.18. The van der Waals surface area contributed by atoms with Crippen LogP contribution in [0.1, 0.15) is 20.3 Å². The Balaban J connectivity index is 1.79. The summed E-state index contributed by atoms with van der Waals surface area (Å²) in [6.45, 7) is 3.98. The van der Waals surface area contributed by atoms with Crippen LogP contribution in [0.4, 0.5) is 0 Å². The van der Waals surface area contributed by atoms with E-state index >= 15 is 0 Å². The number of hydrogen-bond acceptors (Lipinski definition) is 6. The number of esters is 1. The van der Waals surface area contributed by atoms with Crippen LogP contribution in [0.2, 0.25) is 0 Å². The molecule has 7 heteroatoms. The molecule has 1 heterocycles. The molecule has 0 unspecified atom stereocenters. The lowest BCUT2D eigenvalue weighted by atomic mass is 10.0. The first-order valence-electron chi connectivity index (χ1n) is 10.5. The Morgan fingerprint density at radius 1 is 0.938 bits per heavy atom. The van der Waals surface area contributed by atoms with Gasteiger partial charge < -0.3 is 10.1 Å². The summed E-state index contributed by atoms with van der Waals surface area (Å²) in [7, 11) is 1.32. The topological polar surface area (TPSA) is 81.2 Å². The number of hydrogen-bond donors (Lipinski definition) is 1. The Kier molecular flexibility index (Phi) is 8.39. The van der Waals surface area contributed by atoms with Gasteiger partial charge in [0, 0.05) is 11.1 Å². The van der Waals surface area contributed by atoms with Gasteiger partial charge in [-0.25, -0.2) is 14.8 Å². The maximum Gasteiger partial charge on any atom is 0.328 e. The Bertz CT molecular complexity index is 985. The SMILES string of the molecule is COC(=O)[C@H](CC(C)C)NC(=O)CSc1nc(-c2ccccc2)cc(-c2ccccc2)n1. The zero-order valence-electron chi connectivity index (χ0n) is 18.4. The molecule has 0 fully saturated rings. The number of methoxy groups -OCH3 is 1. The van der Waals surface area contributed by atoms with Crippen LogP contribution in [-0.2, 0) is 14.3 Å². The van der Waals surface area contributed by atoms with Gasteiger partial charge in [0.15, 0.2) is 5.16 Å². The van der Waals surface area contributed by atoms with Gasteiger partial charge in [-0.15, -0.1) is 0 Å². The van der Waals surface area contributed by atoms with Crippen LogP contribution in [0.5, 0.6) is 0 Å². The quantitative estimate of drug-likeness (QED) is 0.292. The molecular weight excluding hydrogens is 422 g/mol. The van der Waals surface area contributed by atoms with E-state index in [0.29, 0.717) is 11.6 Å². The molecule has 1 atom stereocenters. The van der Waals surface area contributed by atoms with Crippen LogP contribution in [-0.4, -0.2) is 40.7 Å². The lowest BCUT2D eigenvalue weighted by molar-refractivity contribution is -0.145. The first kappa shape index (κ1) is 23.5. The Morgan fingerprint density at radius 3 is 1.94 bits per heavy atom. The van der Waals surface area contributed by atoms with E-state index in [9.17, 15) is 9.59 Å². The molecule has 166 valence electrons. The van der Waals surface area contributed by atoms with Crippen molar-refractivity contribution in [1.29, 1.82) is 0 Å². The minimum atomic E-state index is -0.662. The summed E-state index contributed by atoms with van der Waals surface area (Å²) >= 11 is 1.24. The predicted octanol–water partition coefficient (Wildman–Crippen LogP) is 4.61. The van der Waals surface area contributed by atoms with Crippen molar-refractivity contribution in [3.63, 3.8) is 0 Å². The average Bonchev–Trinajstić information content (AvgIpc) is 2.82. The van der Waals surface area contributed by atoms with Gasteiger partial charge in [0.1, 0.15) is 6.04 Å². The van der Waals surface area contributed by atoms with Gasteiger partial charge in [-0.2, -0.15) is 0 Å². The summed E-state index contributed by atoms with van der Waals surface area (Å²) < 4.78 is 4.82. The van der Waals surface area contributed by atoms with Crippen molar-refractivity contribution < 1.29 is 14.3 Å². The average molecular weight is 450 g/mol.